The van der Waals surface area contributed by atoms with Crippen molar-refractivity contribution in [3.05, 3.63) is 54.1 Å². The van der Waals surface area contributed by atoms with Gasteiger partial charge in [-0.1, -0.05) is 12.1 Å². The SMILES string of the molecule is Cc1ccc(C)c(OC(C)C(=O)N2CCN(c3ccc(-n4cncn4)nn3)CC2)c1. The quantitative estimate of drug-likeness (QED) is 0.637. The van der Waals surface area contributed by atoms with E-state index in [1.807, 2.05) is 56.0 Å². The first-order valence-electron chi connectivity index (χ1n) is 9.97. The summed E-state index contributed by atoms with van der Waals surface area (Å²) in [7, 11) is 0. The van der Waals surface area contributed by atoms with Crippen LogP contribution in [-0.4, -0.2) is 68.1 Å². The molecular weight excluding hydrogens is 382 g/mol. The van der Waals surface area contributed by atoms with E-state index >= 15 is 0 Å². The summed E-state index contributed by atoms with van der Waals surface area (Å²) in [6, 6.07) is 9.78. The highest BCUT2D eigenvalue weighted by Gasteiger charge is 2.27. The van der Waals surface area contributed by atoms with Crippen LogP contribution in [0.1, 0.15) is 18.1 Å². The average Bonchev–Trinajstić information content (AvgIpc) is 3.31. The number of carbonyl (C=O) groups is 1. The van der Waals surface area contributed by atoms with Crippen LogP contribution in [0.3, 0.4) is 0 Å². The van der Waals surface area contributed by atoms with Gasteiger partial charge in [-0.05, 0) is 50.1 Å². The molecule has 1 amide bonds. The zero-order chi connectivity index (χ0) is 21.1. The van der Waals surface area contributed by atoms with E-state index < -0.39 is 6.10 Å². The molecule has 9 heteroatoms. The van der Waals surface area contributed by atoms with Crippen LogP contribution in [0.5, 0.6) is 5.75 Å². The Balaban J connectivity index is 1.33. The molecule has 3 heterocycles. The molecule has 0 radical (unpaired) electrons. The number of hydrogen-bond acceptors (Lipinski definition) is 7. The predicted octanol–water partition coefficient (Wildman–Crippen LogP) is 1.79. The third-order valence-corrected chi connectivity index (χ3v) is 5.20. The van der Waals surface area contributed by atoms with Gasteiger partial charge in [0.15, 0.2) is 17.7 Å². The molecule has 9 nitrogen and oxygen atoms in total. The number of anilines is 1. The Morgan fingerprint density at radius 2 is 1.77 bits per heavy atom. The number of ether oxygens (including phenoxy) is 1. The van der Waals surface area contributed by atoms with Crippen molar-refractivity contribution in [1.82, 2.24) is 29.9 Å². The molecule has 0 saturated carbocycles. The summed E-state index contributed by atoms with van der Waals surface area (Å²) < 4.78 is 7.52. The number of aryl methyl sites for hydroxylation is 2. The number of hydrogen-bond donors (Lipinski definition) is 0. The van der Waals surface area contributed by atoms with Crippen molar-refractivity contribution in [1.29, 1.82) is 0 Å². The van der Waals surface area contributed by atoms with Crippen LogP contribution in [-0.2, 0) is 4.79 Å². The predicted molar refractivity (Wildman–Crippen MR) is 112 cm³/mol. The Bertz CT molecular complexity index is 997. The number of nitrogens with zero attached hydrogens (tertiary/aromatic N) is 7. The Hall–Kier alpha value is -3.49. The van der Waals surface area contributed by atoms with Gasteiger partial charge in [0, 0.05) is 26.2 Å². The van der Waals surface area contributed by atoms with Crippen LogP contribution in [0.15, 0.2) is 43.0 Å². The third kappa shape index (κ3) is 4.24. The van der Waals surface area contributed by atoms with Crippen molar-refractivity contribution >= 4 is 11.7 Å². The second kappa shape index (κ2) is 8.48. The van der Waals surface area contributed by atoms with E-state index in [4.69, 9.17) is 4.74 Å². The number of amides is 1. The molecule has 1 unspecified atom stereocenters. The minimum Gasteiger partial charge on any atom is -0.481 e. The first-order valence-corrected chi connectivity index (χ1v) is 9.97. The Morgan fingerprint density at radius 1 is 1.03 bits per heavy atom. The number of benzene rings is 1. The van der Waals surface area contributed by atoms with E-state index in [-0.39, 0.29) is 5.91 Å². The Labute approximate surface area is 175 Å². The van der Waals surface area contributed by atoms with E-state index in [1.54, 1.807) is 11.0 Å². The standard InChI is InChI=1S/C21H25N7O2/c1-15-4-5-16(2)18(12-15)30-17(3)21(29)27-10-8-26(9-11-27)19-6-7-20(25-24-19)28-14-22-13-23-28/h4-7,12-14,17H,8-11H2,1-3H3. The lowest BCUT2D eigenvalue weighted by molar-refractivity contribution is -0.138. The van der Waals surface area contributed by atoms with Gasteiger partial charge in [0.2, 0.25) is 0 Å². The fraction of sp³-hybridized carbons (Fsp3) is 0.381. The molecular formula is C21H25N7O2. The summed E-state index contributed by atoms with van der Waals surface area (Å²) in [5.74, 6) is 2.16. The molecule has 4 rings (SSSR count). The Morgan fingerprint density at radius 3 is 2.43 bits per heavy atom. The van der Waals surface area contributed by atoms with Crippen molar-refractivity contribution in [2.24, 2.45) is 0 Å². The molecule has 0 N–H and O–H groups in total. The van der Waals surface area contributed by atoms with Crippen LogP contribution >= 0.6 is 0 Å². The topological polar surface area (TPSA) is 89.3 Å². The lowest BCUT2D eigenvalue weighted by Gasteiger charge is -2.36. The summed E-state index contributed by atoms with van der Waals surface area (Å²) in [5, 5.41) is 12.6. The van der Waals surface area contributed by atoms with Gasteiger partial charge in [-0.25, -0.2) is 9.67 Å². The van der Waals surface area contributed by atoms with Gasteiger partial charge >= 0.3 is 0 Å². The summed E-state index contributed by atoms with van der Waals surface area (Å²) in [5.41, 5.74) is 2.14. The van der Waals surface area contributed by atoms with E-state index in [2.05, 4.69) is 25.2 Å². The maximum Gasteiger partial charge on any atom is 0.263 e. The monoisotopic (exact) mass is 407 g/mol. The van der Waals surface area contributed by atoms with Gasteiger partial charge in [0.25, 0.3) is 5.91 Å². The zero-order valence-corrected chi connectivity index (χ0v) is 17.4. The average molecular weight is 407 g/mol. The van der Waals surface area contributed by atoms with Crippen LogP contribution in [0.25, 0.3) is 5.82 Å². The molecule has 0 bridgehead atoms. The van der Waals surface area contributed by atoms with Gasteiger partial charge in [0.1, 0.15) is 18.4 Å². The molecule has 0 spiro atoms. The van der Waals surface area contributed by atoms with Crippen molar-refractivity contribution < 1.29 is 9.53 Å². The minimum absolute atomic E-state index is 0.00294. The van der Waals surface area contributed by atoms with Crippen molar-refractivity contribution in [3.63, 3.8) is 0 Å². The molecule has 1 aliphatic rings. The fourth-order valence-electron chi connectivity index (χ4n) is 3.42. The summed E-state index contributed by atoms with van der Waals surface area (Å²) in [6.45, 7) is 8.43. The van der Waals surface area contributed by atoms with E-state index in [0.29, 0.717) is 32.0 Å². The highest BCUT2D eigenvalue weighted by atomic mass is 16.5. The molecule has 1 fully saturated rings. The smallest absolute Gasteiger partial charge is 0.263 e. The molecule has 3 aromatic rings. The minimum atomic E-state index is -0.529. The van der Waals surface area contributed by atoms with Crippen molar-refractivity contribution in [2.75, 3.05) is 31.1 Å². The fourth-order valence-corrected chi connectivity index (χ4v) is 3.42. The molecule has 0 aliphatic carbocycles. The lowest BCUT2D eigenvalue weighted by atomic mass is 10.1. The van der Waals surface area contributed by atoms with Crippen LogP contribution in [0.2, 0.25) is 0 Å². The first kappa shape index (κ1) is 19.8. The van der Waals surface area contributed by atoms with Gasteiger partial charge in [-0.2, -0.15) is 5.10 Å². The normalized spacial score (nSPS) is 15.2. The zero-order valence-electron chi connectivity index (χ0n) is 17.4. The highest BCUT2D eigenvalue weighted by Crippen LogP contribution is 2.21. The third-order valence-electron chi connectivity index (χ3n) is 5.20. The number of piperazine rings is 1. The summed E-state index contributed by atoms with van der Waals surface area (Å²) in [6.07, 6.45) is 2.51. The van der Waals surface area contributed by atoms with Gasteiger partial charge in [0.05, 0.1) is 0 Å². The van der Waals surface area contributed by atoms with E-state index in [0.717, 1.165) is 22.7 Å². The van der Waals surface area contributed by atoms with Crippen LogP contribution in [0, 0.1) is 13.8 Å². The van der Waals surface area contributed by atoms with Crippen LogP contribution in [0.4, 0.5) is 5.82 Å². The second-order valence-corrected chi connectivity index (χ2v) is 7.43. The molecule has 1 saturated heterocycles. The molecule has 1 aromatic carbocycles. The van der Waals surface area contributed by atoms with E-state index in [1.165, 1.54) is 6.33 Å². The Kier molecular flexibility index (Phi) is 5.60. The molecule has 1 atom stereocenters. The number of rotatable bonds is 5. The van der Waals surface area contributed by atoms with E-state index in [9.17, 15) is 4.79 Å². The van der Waals surface area contributed by atoms with Crippen molar-refractivity contribution in [2.45, 2.75) is 26.9 Å². The maximum atomic E-state index is 12.9. The van der Waals surface area contributed by atoms with Crippen LogP contribution < -0.4 is 9.64 Å². The molecule has 30 heavy (non-hydrogen) atoms. The molecule has 2 aromatic heterocycles. The number of carbonyl (C=O) groups excluding carboxylic acids is 1. The van der Waals surface area contributed by atoms with Gasteiger partial charge < -0.3 is 14.5 Å². The molecule has 156 valence electrons. The first-order chi connectivity index (χ1) is 14.5. The second-order valence-electron chi connectivity index (χ2n) is 7.43. The van der Waals surface area contributed by atoms with Gasteiger partial charge in [-0.15, -0.1) is 10.2 Å². The van der Waals surface area contributed by atoms with Crippen molar-refractivity contribution in [3.8, 4) is 11.6 Å². The maximum absolute atomic E-state index is 12.9. The highest BCUT2D eigenvalue weighted by molar-refractivity contribution is 5.81. The lowest BCUT2D eigenvalue weighted by Crippen LogP contribution is -2.52. The molecule has 1 aliphatic heterocycles. The summed E-state index contributed by atoms with van der Waals surface area (Å²) >= 11 is 0. The summed E-state index contributed by atoms with van der Waals surface area (Å²) in [4.78, 5) is 20.7. The number of aromatic nitrogens is 5. The largest absolute Gasteiger partial charge is 0.481 e. The van der Waals surface area contributed by atoms with Gasteiger partial charge in [-0.3, -0.25) is 4.79 Å².